The second kappa shape index (κ2) is 9.49. The Hall–Kier alpha value is -1.25. The van der Waals surface area contributed by atoms with E-state index in [1.165, 1.54) is 6.08 Å². The van der Waals surface area contributed by atoms with E-state index in [0.29, 0.717) is 6.61 Å². The minimum Gasteiger partial charge on any atom is -0.458 e. The lowest BCUT2D eigenvalue weighted by atomic mass is 9.81. The summed E-state index contributed by atoms with van der Waals surface area (Å²) in [6.45, 7) is 18.9. The molecule has 0 amide bonds. The van der Waals surface area contributed by atoms with Crippen LogP contribution in [0.2, 0.25) is 0 Å². The first kappa shape index (κ1) is 25.0. The van der Waals surface area contributed by atoms with E-state index in [0.717, 1.165) is 12.8 Å². The molecule has 172 valence electrons. The van der Waals surface area contributed by atoms with Crippen molar-refractivity contribution in [3.8, 4) is 0 Å². The number of rotatable bonds is 10. The Morgan fingerprint density at radius 3 is 2.43 bits per heavy atom. The van der Waals surface area contributed by atoms with Crippen LogP contribution in [0.4, 0.5) is 0 Å². The van der Waals surface area contributed by atoms with E-state index in [9.17, 15) is 9.90 Å². The molecule has 0 aromatic rings. The number of hydrogen-bond acceptors (Lipinski definition) is 7. The molecule has 2 aliphatic heterocycles. The molecule has 1 N–H and O–H groups in total. The number of unbranched alkanes of at least 4 members (excludes halogenated alkanes) is 1. The Morgan fingerprint density at radius 2 is 1.90 bits per heavy atom. The van der Waals surface area contributed by atoms with Crippen molar-refractivity contribution < 1.29 is 33.6 Å². The second-order valence-corrected chi connectivity index (χ2v) is 9.43. The molecule has 0 aliphatic carbocycles. The maximum Gasteiger partial charge on any atom is 0.311 e. The fourth-order valence-corrected chi connectivity index (χ4v) is 3.81. The normalized spacial score (nSPS) is 32.3. The van der Waals surface area contributed by atoms with Gasteiger partial charge in [0.05, 0.1) is 5.41 Å². The lowest BCUT2D eigenvalue weighted by Gasteiger charge is -2.44. The third-order valence-corrected chi connectivity index (χ3v) is 5.38. The summed E-state index contributed by atoms with van der Waals surface area (Å²) >= 11 is 0. The van der Waals surface area contributed by atoms with Gasteiger partial charge < -0.3 is 28.8 Å². The van der Waals surface area contributed by atoms with Gasteiger partial charge in [0.25, 0.3) is 0 Å². The molecule has 7 nitrogen and oxygen atoms in total. The molecule has 2 heterocycles. The summed E-state index contributed by atoms with van der Waals surface area (Å²) in [5.74, 6) is -1.27. The zero-order chi connectivity index (χ0) is 22.7. The summed E-state index contributed by atoms with van der Waals surface area (Å²) in [5.41, 5.74) is -2.18. The van der Waals surface area contributed by atoms with Crippen LogP contribution in [0.25, 0.3) is 0 Å². The number of fused-ring (bicyclic) bond motifs is 1. The molecule has 2 aliphatic rings. The zero-order valence-electron chi connectivity index (χ0n) is 19.2. The molecule has 2 saturated heterocycles. The van der Waals surface area contributed by atoms with Crippen LogP contribution in [0.5, 0.6) is 0 Å². The highest BCUT2D eigenvalue weighted by Gasteiger charge is 2.68. The van der Waals surface area contributed by atoms with Crippen LogP contribution in [0.3, 0.4) is 0 Å². The maximum atomic E-state index is 12.8. The molecule has 30 heavy (non-hydrogen) atoms. The summed E-state index contributed by atoms with van der Waals surface area (Å²) in [4.78, 5) is 12.8. The molecule has 2 rings (SSSR count). The predicted octanol–water partition coefficient (Wildman–Crippen LogP) is 3.50. The maximum absolute atomic E-state index is 12.8. The first-order valence-corrected chi connectivity index (χ1v) is 10.7. The third-order valence-electron chi connectivity index (χ3n) is 5.38. The molecule has 7 heteroatoms. The predicted molar refractivity (Wildman–Crippen MR) is 113 cm³/mol. The molecule has 0 aromatic heterocycles. The average Bonchev–Trinajstić information content (AvgIpc) is 3.10. The van der Waals surface area contributed by atoms with Crippen LogP contribution in [0.1, 0.15) is 60.8 Å². The van der Waals surface area contributed by atoms with E-state index in [2.05, 4.69) is 20.1 Å². The molecule has 0 aromatic carbocycles. The smallest absolute Gasteiger partial charge is 0.311 e. The van der Waals surface area contributed by atoms with Crippen LogP contribution in [-0.4, -0.2) is 59.8 Å². The Labute approximate surface area is 180 Å². The van der Waals surface area contributed by atoms with Crippen molar-refractivity contribution in [2.24, 2.45) is 5.41 Å². The van der Waals surface area contributed by atoms with Crippen molar-refractivity contribution in [1.82, 2.24) is 0 Å². The monoisotopic (exact) mass is 426 g/mol. The summed E-state index contributed by atoms with van der Waals surface area (Å²) in [5, 5.41) is 11.1. The highest BCUT2D eigenvalue weighted by atomic mass is 16.8. The topological polar surface area (TPSA) is 83.5 Å². The standard InChI is InChI=1S/C23H38O7/c1-9-12-14-26-18-17-19(29-22(7,8)28-17)30-23(18,15(24)11-3)16(13-10-2)27-20(25)21(4,5)6/h10-11,15-19,24H,2-3,9,12-14H2,1,4-8H3/t15?,16-,17?,18+,19?,23+/m0/s1. The van der Waals surface area contributed by atoms with Crippen molar-refractivity contribution >= 4 is 5.97 Å². The third kappa shape index (κ3) is 4.97. The van der Waals surface area contributed by atoms with Crippen molar-refractivity contribution in [3.63, 3.8) is 0 Å². The largest absolute Gasteiger partial charge is 0.458 e. The van der Waals surface area contributed by atoms with Gasteiger partial charge in [0.15, 0.2) is 17.7 Å². The number of aliphatic hydroxyl groups is 1. The fraction of sp³-hybridized carbons (Fsp3) is 0.783. The van der Waals surface area contributed by atoms with Crippen LogP contribution >= 0.6 is 0 Å². The van der Waals surface area contributed by atoms with Gasteiger partial charge in [-0.15, -0.1) is 13.2 Å². The van der Waals surface area contributed by atoms with E-state index >= 15 is 0 Å². The van der Waals surface area contributed by atoms with E-state index in [-0.39, 0.29) is 6.42 Å². The highest BCUT2D eigenvalue weighted by Crippen LogP contribution is 2.48. The molecule has 2 fully saturated rings. The van der Waals surface area contributed by atoms with E-state index in [1.807, 2.05) is 0 Å². The summed E-state index contributed by atoms with van der Waals surface area (Å²) in [6, 6.07) is 0. The van der Waals surface area contributed by atoms with Gasteiger partial charge >= 0.3 is 5.97 Å². The quantitative estimate of drug-likeness (QED) is 0.325. The number of ether oxygens (including phenoxy) is 5. The molecule has 0 saturated carbocycles. The van der Waals surface area contributed by atoms with Crippen LogP contribution in [0, 0.1) is 5.41 Å². The van der Waals surface area contributed by atoms with Crippen molar-refractivity contribution in [2.75, 3.05) is 6.61 Å². The SMILES string of the molecule is C=CC[C@H](OC(=O)C(C)(C)C)[C@@]1(C(O)C=C)OC2OC(C)(C)OC2[C@H]1OCCCC. The van der Waals surface area contributed by atoms with Gasteiger partial charge in [-0.3, -0.25) is 4.79 Å². The van der Waals surface area contributed by atoms with Gasteiger partial charge in [-0.25, -0.2) is 0 Å². The van der Waals surface area contributed by atoms with Crippen LogP contribution in [-0.2, 0) is 28.5 Å². The van der Waals surface area contributed by atoms with Gasteiger partial charge in [0.2, 0.25) is 0 Å². The number of aliphatic hydroxyl groups excluding tert-OH is 1. The molecular formula is C23H38O7. The van der Waals surface area contributed by atoms with Crippen LogP contribution < -0.4 is 0 Å². The Bertz CT molecular complexity index is 624. The molecule has 3 unspecified atom stereocenters. The van der Waals surface area contributed by atoms with E-state index in [1.54, 1.807) is 40.7 Å². The molecule has 0 bridgehead atoms. The van der Waals surface area contributed by atoms with Crippen molar-refractivity contribution in [2.45, 2.75) is 103 Å². The molecule has 0 radical (unpaired) electrons. The molecule has 6 atom stereocenters. The highest BCUT2D eigenvalue weighted by molar-refractivity contribution is 5.75. The zero-order valence-corrected chi connectivity index (χ0v) is 19.2. The van der Waals surface area contributed by atoms with Gasteiger partial charge in [0, 0.05) is 13.0 Å². The lowest BCUT2D eigenvalue weighted by molar-refractivity contribution is -0.282. The number of carbonyl (C=O) groups excluding carboxylic acids is 1. The number of hydrogen-bond donors (Lipinski definition) is 1. The Kier molecular flexibility index (Phi) is 7.91. The number of carbonyl (C=O) groups is 1. The van der Waals surface area contributed by atoms with Crippen molar-refractivity contribution in [1.29, 1.82) is 0 Å². The van der Waals surface area contributed by atoms with Gasteiger partial charge in [-0.2, -0.15) is 0 Å². The minimum atomic E-state index is -1.45. The van der Waals surface area contributed by atoms with Crippen molar-refractivity contribution in [3.05, 3.63) is 25.3 Å². The fourth-order valence-electron chi connectivity index (χ4n) is 3.81. The first-order valence-electron chi connectivity index (χ1n) is 10.7. The average molecular weight is 427 g/mol. The first-order chi connectivity index (χ1) is 13.9. The van der Waals surface area contributed by atoms with Gasteiger partial charge in [0.1, 0.15) is 24.4 Å². The van der Waals surface area contributed by atoms with Crippen LogP contribution in [0.15, 0.2) is 25.3 Å². The number of esters is 1. The lowest BCUT2D eigenvalue weighted by Crippen LogP contribution is -2.62. The second-order valence-electron chi connectivity index (χ2n) is 9.43. The molecular weight excluding hydrogens is 388 g/mol. The summed E-state index contributed by atoms with van der Waals surface area (Å²) < 4.78 is 30.4. The van der Waals surface area contributed by atoms with Gasteiger partial charge in [-0.1, -0.05) is 25.5 Å². The Balaban J connectivity index is 2.49. The minimum absolute atomic E-state index is 0.253. The van der Waals surface area contributed by atoms with E-state index in [4.69, 9.17) is 23.7 Å². The Morgan fingerprint density at radius 1 is 1.23 bits per heavy atom. The molecule has 0 spiro atoms. The summed E-state index contributed by atoms with van der Waals surface area (Å²) in [7, 11) is 0. The van der Waals surface area contributed by atoms with E-state index < -0.39 is 53.5 Å². The summed E-state index contributed by atoms with van der Waals surface area (Å²) in [6.07, 6.45) is 0.848. The van der Waals surface area contributed by atoms with Gasteiger partial charge in [-0.05, 0) is 41.0 Å².